The zero-order valence-electron chi connectivity index (χ0n) is 9.83. The van der Waals surface area contributed by atoms with Crippen molar-refractivity contribution in [2.75, 3.05) is 13.6 Å². The number of aldehydes is 1. The van der Waals surface area contributed by atoms with Crippen molar-refractivity contribution in [1.82, 2.24) is 4.90 Å². The number of carbonyl (C=O) groups is 2. The molecule has 0 aliphatic heterocycles. The van der Waals surface area contributed by atoms with E-state index in [1.54, 1.807) is 11.9 Å². The Labute approximate surface area is 86.5 Å². The lowest BCUT2D eigenvalue weighted by Crippen LogP contribution is -2.39. The van der Waals surface area contributed by atoms with Gasteiger partial charge in [0.15, 0.2) is 0 Å². The van der Waals surface area contributed by atoms with Crippen LogP contribution in [-0.4, -0.2) is 30.7 Å². The van der Waals surface area contributed by atoms with Crippen molar-refractivity contribution in [3.05, 3.63) is 0 Å². The van der Waals surface area contributed by atoms with Gasteiger partial charge in [-0.2, -0.15) is 0 Å². The molecule has 82 valence electrons. The van der Waals surface area contributed by atoms with Gasteiger partial charge in [0, 0.05) is 25.9 Å². The van der Waals surface area contributed by atoms with Gasteiger partial charge in [0.2, 0.25) is 5.91 Å². The summed E-state index contributed by atoms with van der Waals surface area (Å²) in [4.78, 5) is 24.1. The molecule has 1 amide bonds. The fraction of sp³-hybridized carbons (Fsp3) is 0.818. The SMILES string of the molecule is CCN(C)C(=O)C(CC=O)C(C)(C)C. The molecule has 0 heterocycles. The number of carbonyl (C=O) groups excluding carboxylic acids is 2. The van der Waals surface area contributed by atoms with Crippen LogP contribution in [0.2, 0.25) is 0 Å². The zero-order valence-corrected chi connectivity index (χ0v) is 9.83. The predicted molar refractivity (Wildman–Crippen MR) is 56.9 cm³/mol. The number of hydrogen-bond acceptors (Lipinski definition) is 2. The van der Waals surface area contributed by atoms with E-state index < -0.39 is 0 Å². The fourth-order valence-electron chi connectivity index (χ4n) is 1.34. The van der Waals surface area contributed by atoms with Gasteiger partial charge in [-0.25, -0.2) is 0 Å². The van der Waals surface area contributed by atoms with E-state index >= 15 is 0 Å². The van der Waals surface area contributed by atoms with Crippen LogP contribution < -0.4 is 0 Å². The molecule has 3 nitrogen and oxygen atoms in total. The zero-order chi connectivity index (χ0) is 11.4. The average Bonchev–Trinajstić information content (AvgIpc) is 2.09. The second-order valence-electron chi connectivity index (χ2n) is 4.67. The minimum absolute atomic E-state index is 0.0621. The molecule has 0 aliphatic carbocycles. The summed E-state index contributed by atoms with van der Waals surface area (Å²) in [5, 5.41) is 0. The Morgan fingerprint density at radius 3 is 2.21 bits per heavy atom. The van der Waals surface area contributed by atoms with Crippen LogP contribution in [0.4, 0.5) is 0 Å². The van der Waals surface area contributed by atoms with E-state index in [4.69, 9.17) is 0 Å². The maximum atomic E-state index is 11.9. The molecule has 0 aromatic heterocycles. The molecule has 1 unspecified atom stereocenters. The summed E-state index contributed by atoms with van der Waals surface area (Å²) in [6.45, 7) is 8.58. The largest absolute Gasteiger partial charge is 0.346 e. The highest BCUT2D eigenvalue weighted by molar-refractivity contribution is 5.81. The van der Waals surface area contributed by atoms with Gasteiger partial charge >= 0.3 is 0 Å². The number of hydrogen-bond donors (Lipinski definition) is 0. The Morgan fingerprint density at radius 2 is 1.93 bits per heavy atom. The van der Waals surface area contributed by atoms with Gasteiger partial charge in [0.05, 0.1) is 0 Å². The van der Waals surface area contributed by atoms with Gasteiger partial charge in [0.1, 0.15) is 6.29 Å². The molecule has 1 atom stereocenters. The Morgan fingerprint density at radius 1 is 1.43 bits per heavy atom. The molecule has 0 aliphatic rings. The quantitative estimate of drug-likeness (QED) is 0.646. The molecule has 0 saturated carbocycles. The average molecular weight is 199 g/mol. The van der Waals surface area contributed by atoms with Gasteiger partial charge in [-0.05, 0) is 12.3 Å². The first kappa shape index (κ1) is 13.1. The first-order chi connectivity index (χ1) is 6.34. The first-order valence-electron chi connectivity index (χ1n) is 5.03. The van der Waals surface area contributed by atoms with Crippen LogP contribution in [0, 0.1) is 11.3 Å². The molecule has 0 aromatic rings. The van der Waals surface area contributed by atoms with E-state index in [0.29, 0.717) is 13.0 Å². The third-order valence-electron chi connectivity index (χ3n) is 2.53. The number of nitrogens with zero attached hydrogens (tertiary/aromatic N) is 1. The Bertz CT molecular complexity index is 206. The van der Waals surface area contributed by atoms with Crippen molar-refractivity contribution in [3.63, 3.8) is 0 Å². The van der Waals surface area contributed by atoms with Crippen molar-refractivity contribution >= 4 is 12.2 Å². The molecule has 0 spiro atoms. The Balaban J connectivity index is 4.65. The molecule has 0 saturated heterocycles. The molecular formula is C11H21NO2. The lowest BCUT2D eigenvalue weighted by Gasteiger charge is -2.31. The lowest BCUT2D eigenvalue weighted by molar-refractivity contribution is -0.139. The fourth-order valence-corrected chi connectivity index (χ4v) is 1.34. The van der Waals surface area contributed by atoms with Crippen molar-refractivity contribution < 1.29 is 9.59 Å². The summed E-state index contributed by atoms with van der Waals surface area (Å²) in [5.74, 6) is -0.142. The maximum absolute atomic E-state index is 11.9. The minimum Gasteiger partial charge on any atom is -0.346 e. The van der Waals surface area contributed by atoms with Crippen LogP contribution in [0.15, 0.2) is 0 Å². The van der Waals surface area contributed by atoms with Gasteiger partial charge < -0.3 is 9.69 Å². The molecule has 0 fully saturated rings. The van der Waals surface area contributed by atoms with Crippen LogP contribution >= 0.6 is 0 Å². The van der Waals surface area contributed by atoms with Crippen molar-refractivity contribution in [2.24, 2.45) is 11.3 Å². The lowest BCUT2D eigenvalue weighted by atomic mass is 9.78. The van der Waals surface area contributed by atoms with Crippen LogP contribution in [0.3, 0.4) is 0 Å². The number of amides is 1. The summed E-state index contributed by atoms with van der Waals surface area (Å²) < 4.78 is 0. The molecule has 3 heteroatoms. The van der Waals surface area contributed by atoms with Gasteiger partial charge in [-0.3, -0.25) is 4.79 Å². The topological polar surface area (TPSA) is 37.4 Å². The highest BCUT2D eigenvalue weighted by Crippen LogP contribution is 2.29. The third kappa shape index (κ3) is 3.48. The standard InChI is InChI=1S/C11H21NO2/c1-6-12(5)10(14)9(7-8-13)11(2,3)4/h8-9H,6-7H2,1-5H3. The van der Waals surface area contributed by atoms with E-state index in [1.165, 1.54) is 0 Å². The molecule has 0 rings (SSSR count). The van der Waals surface area contributed by atoms with E-state index in [-0.39, 0.29) is 17.2 Å². The smallest absolute Gasteiger partial charge is 0.226 e. The molecule has 0 aromatic carbocycles. The molecular weight excluding hydrogens is 178 g/mol. The van der Waals surface area contributed by atoms with E-state index in [0.717, 1.165) is 6.29 Å². The van der Waals surface area contributed by atoms with Crippen molar-refractivity contribution in [2.45, 2.75) is 34.1 Å². The van der Waals surface area contributed by atoms with Crippen LogP contribution in [0.5, 0.6) is 0 Å². The van der Waals surface area contributed by atoms with Crippen molar-refractivity contribution in [3.8, 4) is 0 Å². The monoisotopic (exact) mass is 199 g/mol. The summed E-state index contributed by atoms with van der Waals surface area (Å²) in [7, 11) is 1.77. The van der Waals surface area contributed by atoms with Crippen molar-refractivity contribution in [1.29, 1.82) is 0 Å². The van der Waals surface area contributed by atoms with Crippen LogP contribution in [0.1, 0.15) is 34.1 Å². The molecule has 0 radical (unpaired) electrons. The minimum atomic E-state index is -0.204. The van der Waals surface area contributed by atoms with Crippen LogP contribution in [-0.2, 0) is 9.59 Å². The van der Waals surface area contributed by atoms with Gasteiger partial charge in [0.25, 0.3) is 0 Å². The highest BCUT2D eigenvalue weighted by Gasteiger charge is 2.32. The summed E-state index contributed by atoms with van der Waals surface area (Å²) in [6.07, 6.45) is 1.14. The van der Waals surface area contributed by atoms with E-state index in [1.807, 2.05) is 27.7 Å². The Kier molecular flexibility index (Phi) is 4.81. The Hall–Kier alpha value is -0.860. The maximum Gasteiger partial charge on any atom is 0.226 e. The molecule has 0 N–H and O–H groups in total. The summed E-state index contributed by atoms with van der Waals surface area (Å²) in [6, 6.07) is 0. The number of rotatable bonds is 4. The van der Waals surface area contributed by atoms with Crippen LogP contribution in [0.25, 0.3) is 0 Å². The molecule has 0 bridgehead atoms. The summed E-state index contributed by atoms with van der Waals surface area (Å²) >= 11 is 0. The first-order valence-corrected chi connectivity index (χ1v) is 5.03. The predicted octanol–water partition coefficient (Wildman–Crippen LogP) is 1.72. The third-order valence-corrected chi connectivity index (χ3v) is 2.53. The van der Waals surface area contributed by atoms with Gasteiger partial charge in [-0.1, -0.05) is 20.8 Å². The highest BCUT2D eigenvalue weighted by atomic mass is 16.2. The van der Waals surface area contributed by atoms with Gasteiger partial charge in [-0.15, -0.1) is 0 Å². The second-order valence-corrected chi connectivity index (χ2v) is 4.67. The normalized spacial score (nSPS) is 13.5. The van der Waals surface area contributed by atoms with E-state index in [2.05, 4.69) is 0 Å². The molecule has 14 heavy (non-hydrogen) atoms. The summed E-state index contributed by atoms with van der Waals surface area (Å²) in [5.41, 5.74) is -0.151. The van der Waals surface area contributed by atoms with E-state index in [9.17, 15) is 9.59 Å². The second kappa shape index (κ2) is 5.13.